The quantitative estimate of drug-likeness (QED) is 0.446. The summed E-state index contributed by atoms with van der Waals surface area (Å²) in [5.41, 5.74) is -1.20. The smallest absolute Gasteiger partial charge is 0.195 e. The minimum absolute atomic E-state index is 0.397. The molecule has 0 saturated carbocycles. The summed E-state index contributed by atoms with van der Waals surface area (Å²) in [7, 11) is 0. The molecule has 1 rings (SSSR count). The van der Waals surface area contributed by atoms with Crippen molar-refractivity contribution in [1.29, 1.82) is 0 Å². The number of alkyl halides is 1. The summed E-state index contributed by atoms with van der Waals surface area (Å²) < 4.78 is 12.7. The van der Waals surface area contributed by atoms with Gasteiger partial charge in [-0.25, -0.2) is 4.39 Å². The molecule has 1 heterocycles. The number of halogens is 1. The van der Waals surface area contributed by atoms with Crippen molar-refractivity contribution in [3.63, 3.8) is 0 Å². The Bertz CT molecular complexity index is 138. The van der Waals surface area contributed by atoms with Crippen LogP contribution in [0.25, 0.3) is 0 Å². The Kier molecular flexibility index (Phi) is 1.22. The molecule has 1 N–H and O–H groups in total. The van der Waals surface area contributed by atoms with Gasteiger partial charge in [0.15, 0.2) is 5.67 Å². The molecule has 0 aromatic carbocycles. The molecule has 0 radical (unpaired) electrons. The van der Waals surface area contributed by atoms with Crippen LogP contribution in [0.5, 0.6) is 0 Å². The Hall–Kier alpha value is -0.550. The van der Waals surface area contributed by atoms with Crippen LogP contribution in [-0.4, -0.2) is 18.8 Å². The second-order valence-electron chi connectivity index (χ2n) is 1.94. The summed E-state index contributed by atoms with van der Waals surface area (Å²) in [5, 5.41) is 2.81. The molecule has 0 bridgehead atoms. The highest BCUT2D eigenvalue weighted by Crippen LogP contribution is 2.13. The molecule has 1 nitrogen and oxygen atoms in total. The molecule has 0 amide bonds. The van der Waals surface area contributed by atoms with Crippen molar-refractivity contribution in [2.75, 3.05) is 13.1 Å². The first-order valence-corrected chi connectivity index (χ1v) is 2.60. The second-order valence-corrected chi connectivity index (χ2v) is 1.94. The number of hydrogen-bond donors (Lipinski definition) is 1. The Balaban J connectivity index is 2.49. The van der Waals surface area contributed by atoms with E-state index in [1.165, 1.54) is 0 Å². The van der Waals surface area contributed by atoms with Crippen molar-refractivity contribution in [3.05, 3.63) is 0 Å². The molecule has 1 saturated heterocycles. The predicted octanol–water partition coefficient (Wildman–Crippen LogP) is 0.321. The highest BCUT2D eigenvalue weighted by molar-refractivity contribution is 5.19. The van der Waals surface area contributed by atoms with E-state index in [-0.39, 0.29) is 0 Å². The van der Waals surface area contributed by atoms with Crippen LogP contribution >= 0.6 is 0 Å². The average Bonchev–Trinajstić information content (AvgIpc) is 1.64. The van der Waals surface area contributed by atoms with Crippen LogP contribution in [0, 0.1) is 11.8 Å². The molecular formula is C6H8FN. The molecule has 1 aliphatic heterocycles. The SMILES string of the molecule is CC#CC1(F)CNC1. The zero-order chi connectivity index (χ0) is 6.04. The first-order chi connectivity index (χ1) is 3.77. The molecule has 44 valence electrons. The average molecular weight is 113 g/mol. The fourth-order valence-electron chi connectivity index (χ4n) is 0.657. The van der Waals surface area contributed by atoms with Crippen molar-refractivity contribution in [3.8, 4) is 11.8 Å². The molecule has 0 aromatic rings. The summed E-state index contributed by atoms with van der Waals surface area (Å²) in [6.45, 7) is 2.45. The van der Waals surface area contributed by atoms with Crippen molar-refractivity contribution >= 4 is 0 Å². The third-order valence-corrected chi connectivity index (χ3v) is 1.16. The normalized spacial score (nSPS) is 22.8. The summed E-state index contributed by atoms with van der Waals surface area (Å²) in [6.07, 6.45) is 0. The van der Waals surface area contributed by atoms with Gasteiger partial charge in [0.2, 0.25) is 0 Å². The zero-order valence-corrected chi connectivity index (χ0v) is 4.79. The van der Waals surface area contributed by atoms with Gasteiger partial charge in [0, 0.05) is 13.1 Å². The minimum Gasteiger partial charge on any atom is -0.308 e. The lowest BCUT2D eigenvalue weighted by Crippen LogP contribution is -2.55. The molecule has 1 fully saturated rings. The lowest BCUT2D eigenvalue weighted by molar-refractivity contribution is 0.158. The van der Waals surface area contributed by atoms with Crippen molar-refractivity contribution < 1.29 is 4.39 Å². The summed E-state index contributed by atoms with van der Waals surface area (Å²) >= 11 is 0. The Morgan fingerprint density at radius 2 is 2.25 bits per heavy atom. The van der Waals surface area contributed by atoms with Gasteiger partial charge >= 0.3 is 0 Å². The van der Waals surface area contributed by atoms with E-state index in [9.17, 15) is 4.39 Å². The molecule has 2 heteroatoms. The van der Waals surface area contributed by atoms with Gasteiger partial charge in [-0.15, -0.1) is 5.92 Å². The van der Waals surface area contributed by atoms with Crippen LogP contribution in [-0.2, 0) is 0 Å². The largest absolute Gasteiger partial charge is 0.308 e. The molecule has 0 unspecified atom stereocenters. The monoisotopic (exact) mass is 113 g/mol. The van der Waals surface area contributed by atoms with Crippen LogP contribution in [0.2, 0.25) is 0 Å². The molecule has 8 heavy (non-hydrogen) atoms. The van der Waals surface area contributed by atoms with Crippen molar-refractivity contribution in [1.82, 2.24) is 5.32 Å². The predicted molar refractivity (Wildman–Crippen MR) is 30.2 cm³/mol. The number of rotatable bonds is 0. The van der Waals surface area contributed by atoms with Crippen LogP contribution in [0.3, 0.4) is 0 Å². The fourth-order valence-corrected chi connectivity index (χ4v) is 0.657. The van der Waals surface area contributed by atoms with E-state index in [0.717, 1.165) is 0 Å². The van der Waals surface area contributed by atoms with Gasteiger partial charge in [0.25, 0.3) is 0 Å². The minimum atomic E-state index is -1.20. The van der Waals surface area contributed by atoms with Gasteiger partial charge in [-0.3, -0.25) is 0 Å². The highest BCUT2D eigenvalue weighted by Gasteiger charge is 2.34. The van der Waals surface area contributed by atoms with E-state index in [2.05, 4.69) is 17.2 Å². The molecular weight excluding hydrogens is 105 g/mol. The second kappa shape index (κ2) is 1.75. The molecule has 1 aliphatic rings. The van der Waals surface area contributed by atoms with E-state index < -0.39 is 5.67 Å². The number of nitrogens with one attached hydrogen (secondary N) is 1. The number of hydrogen-bond acceptors (Lipinski definition) is 1. The van der Waals surface area contributed by atoms with Gasteiger partial charge < -0.3 is 5.32 Å². The molecule has 0 atom stereocenters. The maximum atomic E-state index is 12.7. The van der Waals surface area contributed by atoms with Gasteiger partial charge in [0.1, 0.15) is 0 Å². The summed E-state index contributed by atoms with van der Waals surface area (Å²) in [5.74, 6) is 5.02. The lowest BCUT2D eigenvalue weighted by Gasteiger charge is -2.29. The highest BCUT2D eigenvalue weighted by atomic mass is 19.1. The maximum absolute atomic E-state index is 12.7. The van der Waals surface area contributed by atoms with Crippen molar-refractivity contribution in [2.24, 2.45) is 0 Å². The fraction of sp³-hybridized carbons (Fsp3) is 0.667. The Morgan fingerprint density at radius 3 is 2.38 bits per heavy atom. The van der Waals surface area contributed by atoms with E-state index in [4.69, 9.17) is 0 Å². The lowest BCUT2D eigenvalue weighted by atomic mass is 10.0. The van der Waals surface area contributed by atoms with E-state index in [1.54, 1.807) is 6.92 Å². The Labute approximate surface area is 48.3 Å². The Morgan fingerprint density at radius 1 is 1.62 bits per heavy atom. The maximum Gasteiger partial charge on any atom is 0.195 e. The van der Waals surface area contributed by atoms with Gasteiger partial charge in [-0.1, -0.05) is 5.92 Å². The summed E-state index contributed by atoms with van der Waals surface area (Å²) in [6, 6.07) is 0. The molecule has 0 aromatic heterocycles. The summed E-state index contributed by atoms with van der Waals surface area (Å²) in [4.78, 5) is 0. The molecule has 0 aliphatic carbocycles. The van der Waals surface area contributed by atoms with Crippen LogP contribution < -0.4 is 5.32 Å². The first-order valence-electron chi connectivity index (χ1n) is 2.60. The topological polar surface area (TPSA) is 12.0 Å². The van der Waals surface area contributed by atoms with Gasteiger partial charge in [-0.2, -0.15) is 0 Å². The van der Waals surface area contributed by atoms with Crippen LogP contribution in [0.15, 0.2) is 0 Å². The van der Waals surface area contributed by atoms with Gasteiger partial charge in [-0.05, 0) is 6.92 Å². The van der Waals surface area contributed by atoms with Gasteiger partial charge in [0.05, 0.1) is 0 Å². The zero-order valence-electron chi connectivity index (χ0n) is 4.79. The third-order valence-electron chi connectivity index (χ3n) is 1.16. The van der Waals surface area contributed by atoms with E-state index in [1.807, 2.05) is 0 Å². The van der Waals surface area contributed by atoms with E-state index in [0.29, 0.717) is 13.1 Å². The third kappa shape index (κ3) is 0.823. The molecule has 0 spiro atoms. The standard InChI is InChI=1S/C6H8FN/c1-2-3-6(7)4-8-5-6/h8H,4-5H2,1H3. The first kappa shape index (κ1) is 5.58. The van der Waals surface area contributed by atoms with Crippen molar-refractivity contribution in [2.45, 2.75) is 12.6 Å². The van der Waals surface area contributed by atoms with Crippen LogP contribution in [0.4, 0.5) is 4.39 Å². The van der Waals surface area contributed by atoms with Crippen LogP contribution in [0.1, 0.15) is 6.92 Å². The van der Waals surface area contributed by atoms with E-state index >= 15 is 0 Å².